The maximum absolute atomic E-state index is 12.6. The van der Waals surface area contributed by atoms with Crippen LogP contribution < -0.4 is 10.6 Å². The molecule has 27 heavy (non-hydrogen) atoms. The van der Waals surface area contributed by atoms with Crippen molar-refractivity contribution in [2.75, 3.05) is 13.1 Å². The highest BCUT2D eigenvalue weighted by Gasteiger charge is 2.42. The minimum Gasteiger partial charge on any atom is -0.349 e. The van der Waals surface area contributed by atoms with E-state index in [0.717, 1.165) is 23.8 Å². The molecule has 1 amide bonds. The van der Waals surface area contributed by atoms with Crippen molar-refractivity contribution in [3.8, 4) is 0 Å². The third kappa shape index (κ3) is 4.10. The SMILES string of the molecule is Cc1sc(C(=O)NC2CCCC2)cc1C1CC1NC1CCN(C2CC2)CC1. The summed E-state index contributed by atoms with van der Waals surface area (Å²) in [6.07, 6.45) is 11.5. The predicted octanol–water partition coefficient (Wildman–Crippen LogP) is 3.80. The molecule has 5 rings (SSSR count). The Bertz CT molecular complexity index is 684. The van der Waals surface area contributed by atoms with Gasteiger partial charge in [-0.15, -0.1) is 11.3 Å². The Labute approximate surface area is 167 Å². The van der Waals surface area contributed by atoms with Gasteiger partial charge in [0.25, 0.3) is 5.91 Å². The summed E-state index contributed by atoms with van der Waals surface area (Å²) in [7, 11) is 0. The largest absolute Gasteiger partial charge is 0.349 e. The van der Waals surface area contributed by atoms with Crippen LogP contribution in [0.15, 0.2) is 6.07 Å². The Morgan fingerprint density at radius 3 is 2.52 bits per heavy atom. The van der Waals surface area contributed by atoms with Crippen molar-refractivity contribution in [3.63, 3.8) is 0 Å². The smallest absolute Gasteiger partial charge is 0.261 e. The van der Waals surface area contributed by atoms with Crippen LogP contribution in [-0.2, 0) is 0 Å². The van der Waals surface area contributed by atoms with E-state index in [2.05, 4.69) is 28.5 Å². The van der Waals surface area contributed by atoms with Crippen molar-refractivity contribution in [2.45, 2.75) is 94.8 Å². The molecule has 2 unspecified atom stereocenters. The summed E-state index contributed by atoms with van der Waals surface area (Å²) in [6, 6.07) is 4.83. The number of carbonyl (C=O) groups excluding carboxylic acids is 1. The number of nitrogens with zero attached hydrogens (tertiary/aromatic N) is 1. The number of amides is 1. The first kappa shape index (κ1) is 18.1. The number of nitrogens with one attached hydrogen (secondary N) is 2. The van der Waals surface area contributed by atoms with Gasteiger partial charge in [0, 0.05) is 35.0 Å². The maximum atomic E-state index is 12.6. The average Bonchev–Trinajstić information content (AvgIpc) is 3.56. The minimum absolute atomic E-state index is 0.152. The van der Waals surface area contributed by atoms with Crippen LogP contribution in [-0.4, -0.2) is 48.1 Å². The molecule has 2 N–H and O–H groups in total. The number of carbonyl (C=O) groups is 1. The van der Waals surface area contributed by atoms with Gasteiger partial charge in [-0.25, -0.2) is 0 Å². The van der Waals surface area contributed by atoms with Gasteiger partial charge in [0.1, 0.15) is 0 Å². The van der Waals surface area contributed by atoms with Crippen LogP contribution >= 0.6 is 11.3 Å². The van der Waals surface area contributed by atoms with E-state index >= 15 is 0 Å². The zero-order valence-electron chi connectivity index (χ0n) is 16.5. The van der Waals surface area contributed by atoms with Gasteiger partial charge in [-0.2, -0.15) is 0 Å². The quantitative estimate of drug-likeness (QED) is 0.780. The van der Waals surface area contributed by atoms with Crippen molar-refractivity contribution in [2.24, 2.45) is 0 Å². The molecule has 148 valence electrons. The standard InChI is InChI=1S/C22H33N3OS/c1-14-18(13-21(27-14)22(26)24-15-4-2-3-5-15)19-12-20(19)23-16-8-10-25(11-9-16)17-6-7-17/h13,15-17,19-20,23H,2-12H2,1H3,(H,24,26). The summed E-state index contributed by atoms with van der Waals surface area (Å²) in [6.45, 7) is 4.75. The number of hydrogen-bond acceptors (Lipinski definition) is 4. The van der Waals surface area contributed by atoms with Crippen molar-refractivity contribution < 1.29 is 4.79 Å². The maximum Gasteiger partial charge on any atom is 0.261 e. The van der Waals surface area contributed by atoms with Crippen molar-refractivity contribution in [3.05, 3.63) is 21.4 Å². The molecule has 2 atom stereocenters. The number of hydrogen-bond donors (Lipinski definition) is 2. The predicted molar refractivity (Wildman–Crippen MR) is 111 cm³/mol. The topological polar surface area (TPSA) is 44.4 Å². The van der Waals surface area contributed by atoms with E-state index in [4.69, 9.17) is 0 Å². The highest BCUT2D eigenvalue weighted by Crippen LogP contribution is 2.45. The molecule has 3 aliphatic carbocycles. The van der Waals surface area contributed by atoms with Gasteiger partial charge >= 0.3 is 0 Å². The van der Waals surface area contributed by atoms with Crippen molar-refractivity contribution in [1.82, 2.24) is 15.5 Å². The second-order valence-corrected chi connectivity index (χ2v) is 10.5. The van der Waals surface area contributed by atoms with E-state index < -0.39 is 0 Å². The van der Waals surface area contributed by atoms with Crippen LogP contribution in [0.25, 0.3) is 0 Å². The van der Waals surface area contributed by atoms with E-state index in [-0.39, 0.29) is 5.91 Å². The monoisotopic (exact) mass is 387 g/mol. The summed E-state index contributed by atoms with van der Waals surface area (Å²) < 4.78 is 0. The summed E-state index contributed by atoms with van der Waals surface area (Å²) in [4.78, 5) is 17.5. The number of piperidine rings is 1. The lowest BCUT2D eigenvalue weighted by atomic mass is 10.0. The summed E-state index contributed by atoms with van der Waals surface area (Å²) >= 11 is 1.69. The molecular formula is C22H33N3OS. The second-order valence-electron chi connectivity index (χ2n) is 9.23. The van der Waals surface area contributed by atoms with Crippen LogP contribution in [0.2, 0.25) is 0 Å². The van der Waals surface area contributed by atoms with E-state index in [1.807, 2.05) is 0 Å². The summed E-state index contributed by atoms with van der Waals surface area (Å²) in [5.41, 5.74) is 1.42. The van der Waals surface area contributed by atoms with E-state index in [9.17, 15) is 4.79 Å². The Balaban J connectivity index is 1.13. The molecule has 2 heterocycles. The molecule has 0 bridgehead atoms. The van der Waals surface area contributed by atoms with Crippen LogP contribution in [0.5, 0.6) is 0 Å². The van der Waals surface area contributed by atoms with Gasteiger partial charge in [-0.05, 0) is 76.6 Å². The molecule has 0 spiro atoms. The molecule has 1 saturated heterocycles. The lowest BCUT2D eigenvalue weighted by Crippen LogP contribution is -2.44. The van der Waals surface area contributed by atoms with Crippen molar-refractivity contribution >= 4 is 17.2 Å². The molecule has 4 fully saturated rings. The zero-order valence-corrected chi connectivity index (χ0v) is 17.3. The summed E-state index contributed by atoms with van der Waals surface area (Å²) in [5, 5.41) is 7.16. The third-order valence-corrected chi connectivity index (χ3v) is 8.17. The Kier molecular flexibility index (Phi) is 5.03. The zero-order chi connectivity index (χ0) is 18.4. The molecule has 1 aromatic rings. The fourth-order valence-electron chi connectivity index (χ4n) is 5.20. The van der Waals surface area contributed by atoms with E-state index in [0.29, 0.717) is 24.0 Å². The Hall–Kier alpha value is -0.910. The van der Waals surface area contributed by atoms with Crippen LogP contribution in [0.3, 0.4) is 0 Å². The van der Waals surface area contributed by atoms with Gasteiger partial charge in [0.2, 0.25) is 0 Å². The van der Waals surface area contributed by atoms with Crippen LogP contribution in [0, 0.1) is 6.92 Å². The van der Waals surface area contributed by atoms with E-state index in [1.54, 1.807) is 11.3 Å². The second kappa shape index (κ2) is 7.49. The fourth-order valence-corrected chi connectivity index (χ4v) is 6.20. The van der Waals surface area contributed by atoms with Crippen LogP contribution in [0.4, 0.5) is 0 Å². The van der Waals surface area contributed by atoms with Gasteiger partial charge in [0.15, 0.2) is 0 Å². The van der Waals surface area contributed by atoms with Gasteiger partial charge in [0.05, 0.1) is 4.88 Å². The van der Waals surface area contributed by atoms with Gasteiger partial charge in [-0.3, -0.25) is 4.79 Å². The third-order valence-electron chi connectivity index (χ3n) is 7.10. The molecule has 0 radical (unpaired) electrons. The van der Waals surface area contributed by atoms with Gasteiger partial charge < -0.3 is 15.5 Å². The first-order chi connectivity index (χ1) is 13.2. The first-order valence-corrected chi connectivity index (χ1v) is 11.9. The summed E-state index contributed by atoms with van der Waals surface area (Å²) in [5.74, 6) is 0.773. The molecular weight excluding hydrogens is 354 g/mol. The fraction of sp³-hybridized carbons (Fsp3) is 0.773. The molecule has 3 saturated carbocycles. The van der Waals surface area contributed by atoms with Crippen molar-refractivity contribution in [1.29, 1.82) is 0 Å². The molecule has 4 nitrogen and oxygen atoms in total. The lowest BCUT2D eigenvalue weighted by molar-refractivity contribution is 0.0942. The number of likely N-dealkylation sites (tertiary alicyclic amines) is 1. The van der Waals surface area contributed by atoms with Crippen LogP contribution in [0.1, 0.15) is 83.8 Å². The number of aryl methyl sites for hydroxylation is 1. The highest BCUT2D eigenvalue weighted by atomic mass is 32.1. The normalized spacial score (nSPS) is 30.0. The number of rotatable bonds is 6. The van der Waals surface area contributed by atoms with E-state index in [1.165, 1.54) is 68.5 Å². The highest BCUT2D eigenvalue weighted by molar-refractivity contribution is 7.14. The number of thiophene rings is 1. The van der Waals surface area contributed by atoms with Gasteiger partial charge in [-0.1, -0.05) is 12.8 Å². The Morgan fingerprint density at radius 2 is 1.81 bits per heavy atom. The molecule has 1 aromatic heterocycles. The molecule has 5 heteroatoms. The molecule has 0 aromatic carbocycles. The average molecular weight is 388 g/mol. The Morgan fingerprint density at radius 1 is 1.07 bits per heavy atom. The first-order valence-electron chi connectivity index (χ1n) is 11.1. The molecule has 4 aliphatic rings. The minimum atomic E-state index is 0.152. The lowest BCUT2D eigenvalue weighted by Gasteiger charge is -2.32. The molecule has 1 aliphatic heterocycles.